The van der Waals surface area contributed by atoms with Crippen LogP contribution in [0.15, 0.2) is 12.1 Å². The van der Waals surface area contributed by atoms with Crippen molar-refractivity contribution in [2.24, 2.45) is 0 Å². The zero-order valence-corrected chi connectivity index (χ0v) is 11.2. The number of carbonyl (C=O) groups is 1. The van der Waals surface area contributed by atoms with Crippen LogP contribution in [0.3, 0.4) is 0 Å². The summed E-state index contributed by atoms with van der Waals surface area (Å²) >= 11 is 0. The van der Waals surface area contributed by atoms with Gasteiger partial charge in [-0.3, -0.25) is 4.79 Å². The summed E-state index contributed by atoms with van der Waals surface area (Å²) in [5.41, 5.74) is 7.11. The third-order valence-corrected chi connectivity index (χ3v) is 3.31. The summed E-state index contributed by atoms with van der Waals surface area (Å²) in [6, 6.07) is 3.68. The van der Waals surface area contributed by atoms with Crippen LogP contribution in [0.4, 0.5) is 5.82 Å². The lowest BCUT2D eigenvalue weighted by Crippen LogP contribution is -2.52. The molecule has 0 aromatic carbocycles. The Hall–Kier alpha value is -1.62. The number of nitrogen functional groups attached to an aromatic ring is 1. The number of pyridine rings is 1. The van der Waals surface area contributed by atoms with Crippen LogP contribution in [-0.4, -0.2) is 53.4 Å². The molecule has 1 fully saturated rings. The monoisotopic (exact) mass is 248 g/mol. The highest BCUT2D eigenvalue weighted by Gasteiger charge is 2.26. The lowest BCUT2D eigenvalue weighted by molar-refractivity contribution is 0.0533. The normalized spacial score (nSPS) is 21.1. The predicted octanol–water partition coefficient (Wildman–Crippen LogP) is 0.748. The Morgan fingerprint density at radius 1 is 1.44 bits per heavy atom. The van der Waals surface area contributed by atoms with Gasteiger partial charge in [-0.15, -0.1) is 0 Å². The quantitative estimate of drug-likeness (QED) is 0.796. The van der Waals surface area contributed by atoms with E-state index in [1.807, 2.05) is 11.8 Å². The summed E-state index contributed by atoms with van der Waals surface area (Å²) in [7, 11) is 2.08. The van der Waals surface area contributed by atoms with Crippen LogP contribution in [0.1, 0.15) is 23.0 Å². The van der Waals surface area contributed by atoms with E-state index in [9.17, 15) is 4.79 Å². The number of piperazine rings is 1. The average molecular weight is 248 g/mol. The van der Waals surface area contributed by atoms with Crippen molar-refractivity contribution in [2.75, 3.05) is 32.4 Å². The van der Waals surface area contributed by atoms with E-state index >= 15 is 0 Å². The smallest absolute Gasteiger partial charge is 0.254 e. The summed E-state index contributed by atoms with van der Waals surface area (Å²) < 4.78 is 0. The van der Waals surface area contributed by atoms with E-state index < -0.39 is 0 Å². The van der Waals surface area contributed by atoms with Crippen molar-refractivity contribution in [3.63, 3.8) is 0 Å². The highest BCUT2D eigenvalue weighted by atomic mass is 16.2. The molecule has 5 nitrogen and oxygen atoms in total. The molecule has 1 aromatic rings. The van der Waals surface area contributed by atoms with Gasteiger partial charge in [-0.25, -0.2) is 4.98 Å². The number of carbonyl (C=O) groups excluding carboxylic acids is 1. The van der Waals surface area contributed by atoms with E-state index in [0.717, 1.165) is 25.3 Å². The van der Waals surface area contributed by atoms with Gasteiger partial charge in [0.2, 0.25) is 0 Å². The standard InChI is InChI=1S/C13H20N4O/c1-9-6-11(7-12(14)15-9)13(18)17-5-4-16(3)8-10(17)2/h6-7,10H,4-5,8H2,1-3H3,(H2,14,15). The van der Waals surface area contributed by atoms with E-state index in [-0.39, 0.29) is 11.9 Å². The van der Waals surface area contributed by atoms with Gasteiger partial charge in [0.05, 0.1) is 0 Å². The number of nitrogens with zero attached hydrogens (tertiary/aromatic N) is 3. The summed E-state index contributed by atoms with van der Waals surface area (Å²) in [5.74, 6) is 0.452. The molecular weight excluding hydrogens is 228 g/mol. The fraction of sp³-hybridized carbons (Fsp3) is 0.538. The molecular formula is C13H20N4O. The maximum atomic E-state index is 12.4. The highest BCUT2D eigenvalue weighted by molar-refractivity contribution is 5.95. The van der Waals surface area contributed by atoms with Crippen molar-refractivity contribution in [3.8, 4) is 0 Å². The first-order valence-electron chi connectivity index (χ1n) is 6.21. The van der Waals surface area contributed by atoms with Gasteiger partial charge in [0, 0.05) is 36.9 Å². The first kappa shape index (κ1) is 12.8. The maximum Gasteiger partial charge on any atom is 0.254 e. The van der Waals surface area contributed by atoms with Gasteiger partial charge >= 0.3 is 0 Å². The molecule has 18 heavy (non-hydrogen) atoms. The molecule has 0 saturated carbocycles. The maximum absolute atomic E-state index is 12.4. The van der Waals surface area contributed by atoms with Crippen LogP contribution in [-0.2, 0) is 0 Å². The topological polar surface area (TPSA) is 62.5 Å². The predicted molar refractivity (Wildman–Crippen MR) is 71.4 cm³/mol. The van der Waals surface area contributed by atoms with E-state index in [2.05, 4.69) is 23.9 Å². The second kappa shape index (κ2) is 4.94. The lowest BCUT2D eigenvalue weighted by Gasteiger charge is -2.38. The number of aromatic nitrogens is 1. The molecule has 2 heterocycles. The molecule has 0 spiro atoms. The summed E-state index contributed by atoms with van der Waals surface area (Å²) in [5, 5.41) is 0. The molecule has 2 rings (SSSR count). The summed E-state index contributed by atoms with van der Waals surface area (Å²) in [6.45, 7) is 6.50. The first-order valence-corrected chi connectivity index (χ1v) is 6.21. The summed E-state index contributed by atoms with van der Waals surface area (Å²) in [6.07, 6.45) is 0. The lowest BCUT2D eigenvalue weighted by atomic mass is 10.1. The van der Waals surface area contributed by atoms with E-state index in [4.69, 9.17) is 5.73 Å². The number of nitrogens with two attached hydrogens (primary N) is 1. The zero-order valence-electron chi connectivity index (χ0n) is 11.2. The molecule has 1 saturated heterocycles. The van der Waals surface area contributed by atoms with Gasteiger partial charge in [-0.2, -0.15) is 0 Å². The first-order chi connectivity index (χ1) is 8.47. The van der Waals surface area contributed by atoms with Gasteiger partial charge in [-0.05, 0) is 33.0 Å². The SMILES string of the molecule is Cc1cc(C(=O)N2CCN(C)CC2C)cc(N)n1. The minimum atomic E-state index is 0.0489. The number of anilines is 1. The minimum absolute atomic E-state index is 0.0489. The molecule has 0 aliphatic carbocycles. The largest absolute Gasteiger partial charge is 0.384 e. The molecule has 0 bridgehead atoms. The van der Waals surface area contributed by atoms with Gasteiger partial charge in [0.15, 0.2) is 0 Å². The van der Waals surface area contributed by atoms with E-state index in [0.29, 0.717) is 11.4 Å². The molecule has 1 atom stereocenters. The molecule has 1 aliphatic rings. The van der Waals surface area contributed by atoms with Gasteiger partial charge < -0.3 is 15.5 Å². The Morgan fingerprint density at radius 2 is 2.17 bits per heavy atom. The van der Waals surface area contributed by atoms with E-state index in [1.165, 1.54) is 0 Å². The minimum Gasteiger partial charge on any atom is -0.384 e. The third kappa shape index (κ3) is 2.61. The molecule has 0 radical (unpaired) electrons. The average Bonchev–Trinajstić information content (AvgIpc) is 2.26. The van der Waals surface area contributed by atoms with Crippen LogP contribution in [0.25, 0.3) is 0 Å². The van der Waals surface area contributed by atoms with Crippen LogP contribution < -0.4 is 5.73 Å². The van der Waals surface area contributed by atoms with Crippen LogP contribution >= 0.6 is 0 Å². The highest BCUT2D eigenvalue weighted by Crippen LogP contribution is 2.15. The summed E-state index contributed by atoms with van der Waals surface area (Å²) in [4.78, 5) is 20.7. The number of hydrogen-bond acceptors (Lipinski definition) is 4. The van der Waals surface area contributed by atoms with Crippen molar-refractivity contribution in [1.82, 2.24) is 14.8 Å². The van der Waals surface area contributed by atoms with Gasteiger partial charge in [-0.1, -0.05) is 0 Å². The fourth-order valence-electron chi connectivity index (χ4n) is 2.42. The Kier molecular flexibility index (Phi) is 3.52. The van der Waals surface area contributed by atoms with Gasteiger partial charge in [0.25, 0.3) is 5.91 Å². The second-order valence-electron chi connectivity index (χ2n) is 5.03. The molecule has 5 heteroatoms. The van der Waals surface area contributed by atoms with Crippen molar-refractivity contribution in [3.05, 3.63) is 23.4 Å². The van der Waals surface area contributed by atoms with E-state index in [1.54, 1.807) is 12.1 Å². The van der Waals surface area contributed by atoms with Crippen LogP contribution in [0.2, 0.25) is 0 Å². The molecule has 1 unspecified atom stereocenters. The second-order valence-corrected chi connectivity index (χ2v) is 5.03. The third-order valence-electron chi connectivity index (χ3n) is 3.31. The van der Waals surface area contributed by atoms with Crippen LogP contribution in [0.5, 0.6) is 0 Å². The van der Waals surface area contributed by atoms with Crippen LogP contribution in [0, 0.1) is 6.92 Å². The number of aryl methyl sites for hydroxylation is 1. The Bertz CT molecular complexity index is 440. The van der Waals surface area contributed by atoms with Crippen molar-refractivity contribution in [1.29, 1.82) is 0 Å². The number of likely N-dealkylation sites (N-methyl/N-ethyl adjacent to an activating group) is 1. The molecule has 2 N–H and O–H groups in total. The molecule has 1 aliphatic heterocycles. The number of rotatable bonds is 1. The van der Waals surface area contributed by atoms with Gasteiger partial charge in [0.1, 0.15) is 5.82 Å². The fourth-order valence-corrected chi connectivity index (χ4v) is 2.42. The Morgan fingerprint density at radius 3 is 2.78 bits per heavy atom. The van der Waals surface area contributed by atoms with Crippen molar-refractivity contribution in [2.45, 2.75) is 19.9 Å². The van der Waals surface area contributed by atoms with Crippen molar-refractivity contribution < 1.29 is 4.79 Å². The molecule has 1 aromatic heterocycles. The number of hydrogen-bond donors (Lipinski definition) is 1. The number of amides is 1. The Balaban J connectivity index is 2.20. The zero-order chi connectivity index (χ0) is 13.3. The van der Waals surface area contributed by atoms with Crippen molar-refractivity contribution >= 4 is 11.7 Å². The molecule has 98 valence electrons. The Labute approximate surface area is 108 Å². The molecule has 1 amide bonds.